The molecule has 30 heavy (non-hydrogen) atoms. The highest BCUT2D eigenvalue weighted by atomic mass is 19.1. The van der Waals surface area contributed by atoms with Crippen LogP contribution in [0.1, 0.15) is 24.0 Å². The summed E-state index contributed by atoms with van der Waals surface area (Å²) in [6.07, 6.45) is 3.26. The van der Waals surface area contributed by atoms with Crippen LogP contribution in [0, 0.1) is 11.9 Å². The lowest BCUT2D eigenvalue weighted by Crippen LogP contribution is -2.47. The van der Waals surface area contributed by atoms with Gasteiger partial charge in [-0.1, -0.05) is 12.6 Å². The molecule has 1 aromatic carbocycles. The Bertz CT molecular complexity index is 1010. The van der Waals surface area contributed by atoms with Crippen molar-refractivity contribution in [1.82, 2.24) is 19.8 Å². The van der Waals surface area contributed by atoms with Gasteiger partial charge in [0.15, 0.2) is 0 Å². The zero-order valence-electron chi connectivity index (χ0n) is 16.9. The van der Waals surface area contributed by atoms with Gasteiger partial charge in [0.1, 0.15) is 5.82 Å². The Morgan fingerprint density at radius 3 is 2.87 bits per heavy atom. The number of nitrogens with one attached hydrogen (secondary N) is 2. The third-order valence-corrected chi connectivity index (χ3v) is 6.31. The summed E-state index contributed by atoms with van der Waals surface area (Å²) in [6, 6.07) is 7.55. The number of aromatic nitrogens is 2. The predicted octanol–water partition coefficient (Wildman–Crippen LogP) is 2.89. The number of likely N-dealkylation sites (tertiary alicyclic amines) is 1. The number of carbonyl (C=O) groups excluding carboxylic acids is 1. The molecule has 8 heteroatoms. The highest BCUT2D eigenvalue weighted by molar-refractivity contribution is 5.87. The van der Waals surface area contributed by atoms with Gasteiger partial charge in [0.25, 0.3) is 0 Å². The normalized spacial score (nSPS) is 24.7. The maximum atomic E-state index is 14.2. The number of hydrogen-bond donors (Lipinski definition) is 2. The summed E-state index contributed by atoms with van der Waals surface area (Å²) in [6.45, 7) is 6.20. The molecule has 156 valence electrons. The molecule has 1 aliphatic carbocycles. The number of rotatable bonds is 5. The Labute approximate surface area is 175 Å². The van der Waals surface area contributed by atoms with Crippen LogP contribution in [0.25, 0.3) is 0 Å². The van der Waals surface area contributed by atoms with Crippen LogP contribution in [0.15, 0.2) is 36.9 Å². The Hall–Kier alpha value is -3.00. The standard InChI is InChI=1S/C22H25FN6O/c1-3-21(30)29-10-13-6-17(18(29)7-13)25-20-9-19(23)26-22(27-20)24-16-5-4-14-11-28(2)12-15(14)8-16/h3-5,8-9,13,17-18H,1,6-7,10-12H2,2H3,(H2,24,25,26,27). The first-order chi connectivity index (χ1) is 14.5. The highest BCUT2D eigenvalue weighted by Crippen LogP contribution is 2.39. The van der Waals surface area contributed by atoms with Gasteiger partial charge in [-0.15, -0.1) is 0 Å². The van der Waals surface area contributed by atoms with E-state index in [2.05, 4.69) is 51.3 Å². The summed E-state index contributed by atoms with van der Waals surface area (Å²) in [5.74, 6) is 0.455. The molecule has 3 unspecified atom stereocenters. The van der Waals surface area contributed by atoms with Gasteiger partial charge in [-0.3, -0.25) is 9.69 Å². The molecule has 2 N–H and O–H groups in total. The minimum absolute atomic E-state index is 0.0466. The molecule has 2 fully saturated rings. The number of hydrogen-bond acceptors (Lipinski definition) is 6. The van der Waals surface area contributed by atoms with Crippen molar-refractivity contribution in [3.05, 3.63) is 54.0 Å². The maximum absolute atomic E-state index is 14.2. The lowest BCUT2D eigenvalue weighted by molar-refractivity contribution is -0.127. The second-order valence-electron chi connectivity index (χ2n) is 8.53. The largest absolute Gasteiger partial charge is 0.365 e. The molecule has 3 heterocycles. The summed E-state index contributed by atoms with van der Waals surface area (Å²) in [7, 11) is 2.08. The molecule has 7 nitrogen and oxygen atoms in total. The molecule has 1 saturated heterocycles. The van der Waals surface area contributed by atoms with Crippen molar-refractivity contribution in [1.29, 1.82) is 0 Å². The van der Waals surface area contributed by atoms with Gasteiger partial charge in [0.2, 0.25) is 17.8 Å². The smallest absolute Gasteiger partial charge is 0.246 e. The number of amides is 1. The van der Waals surface area contributed by atoms with E-state index in [1.54, 1.807) is 0 Å². The van der Waals surface area contributed by atoms with Crippen molar-refractivity contribution in [2.24, 2.45) is 5.92 Å². The molecule has 0 radical (unpaired) electrons. The number of carbonyl (C=O) groups is 1. The van der Waals surface area contributed by atoms with Crippen molar-refractivity contribution in [2.75, 3.05) is 24.2 Å². The summed E-state index contributed by atoms with van der Waals surface area (Å²) in [4.78, 5) is 24.6. The summed E-state index contributed by atoms with van der Waals surface area (Å²) < 4.78 is 14.2. The minimum atomic E-state index is -0.599. The SMILES string of the molecule is C=CC(=O)N1CC2CC(Nc3cc(F)nc(Nc4ccc5c(c4)CN(C)C5)n3)C1C2. The van der Waals surface area contributed by atoms with Crippen molar-refractivity contribution in [3.63, 3.8) is 0 Å². The predicted molar refractivity (Wildman–Crippen MR) is 113 cm³/mol. The summed E-state index contributed by atoms with van der Waals surface area (Å²) in [5, 5.41) is 6.46. The average Bonchev–Trinajstić information content (AvgIpc) is 3.39. The molecular weight excluding hydrogens is 383 g/mol. The van der Waals surface area contributed by atoms with E-state index < -0.39 is 5.95 Å². The van der Waals surface area contributed by atoms with E-state index in [1.807, 2.05) is 11.0 Å². The Balaban J connectivity index is 1.32. The Kier molecular flexibility index (Phi) is 4.66. The molecule has 3 aliphatic rings. The fourth-order valence-electron chi connectivity index (χ4n) is 5.06. The number of halogens is 1. The lowest BCUT2D eigenvalue weighted by atomic mass is 10.1. The number of nitrogens with zero attached hydrogens (tertiary/aromatic N) is 4. The van der Waals surface area contributed by atoms with E-state index in [1.165, 1.54) is 23.3 Å². The monoisotopic (exact) mass is 408 g/mol. The molecule has 5 rings (SSSR count). The lowest BCUT2D eigenvalue weighted by Gasteiger charge is -2.33. The summed E-state index contributed by atoms with van der Waals surface area (Å²) in [5.41, 5.74) is 3.40. The van der Waals surface area contributed by atoms with Crippen LogP contribution in [0.5, 0.6) is 0 Å². The zero-order chi connectivity index (χ0) is 20.8. The van der Waals surface area contributed by atoms with Crippen molar-refractivity contribution in [2.45, 2.75) is 38.0 Å². The third kappa shape index (κ3) is 3.52. The van der Waals surface area contributed by atoms with Crippen molar-refractivity contribution in [3.8, 4) is 0 Å². The zero-order valence-corrected chi connectivity index (χ0v) is 16.9. The molecule has 1 amide bonds. The molecule has 2 aromatic rings. The minimum Gasteiger partial charge on any atom is -0.365 e. The topological polar surface area (TPSA) is 73.4 Å². The van der Waals surface area contributed by atoms with Crippen LogP contribution in [-0.4, -0.2) is 51.4 Å². The molecule has 3 atom stereocenters. The van der Waals surface area contributed by atoms with Crippen LogP contribution in [-0.2, 0) is 17.9 Å². The van der Waals surface area contributed by atoms with Crippen molar-refractivity contribution >= 4 is 23.4 Å². The van der Waals surface area contributed by atoms with E-state index in [9.17, 15) is 9.18 Å². The molecule has 2 bridgehead atoms. The van der Waals surface area contributed by atoms with Gasteiger partial charge in [-0.25, -0.2) is 0 Å². The second-order valence-corrected chi connectivity index (χ2v) is 8.53. The van der Waals surface area contributed by atoms with Gasteiger partial charge in [-0.2, -0.15) is 14.4 Å². The van der Waals surface area contributed by atoms with Crippen LogP contribution in [0.3, 0.4) is 0 Å². The Morgan fingerprint density at radius 2 is 2.07 bits per heavy atom. The van der Waals surface area contributed by atoms with Crippen LogP contribution in [0.2, 0.25) is 0 Å². The number of piperidine rings is 1. The van der Waals surface area contributed by atoms with E-state index in [0.29, 0.717) is 11.7 Å². The van der Waals surface area contributed by atoms with Crippen molar-refractivity contribution < 1.29 is 9.18 Å². The first-order valence-electron chi connectivity index (χ1n) is 10.3. The van der Waals surface area contributed by atoms with Crippen LogP contribution in [0.4, 0.5) is 21.8 Å². The maximum Gasteiger partial charge on any atom is 0.246 e. The number of fused-ring (bicyclic) bond motifs is 3. The number of anilines is 3. The molecule has 1 aromatic heterocycles. The molecule has 0 spiro atoms. The van der Waals surface area contributed by atoms with Gasteiger partial charge >= 0.3 is 0 Å². The first-order valence-corrected chi connectivity index (χ1v) is 10.3. The molecule has 2 aliphatic heterocycles. The van der Waals surface area contributed by atoms with E-state index >= 15 is 0 Å². The second kappa shape index (κ2) is 7.36. The van der Waals surface area contributed by atoms with Gasteiger partial charge in [0, 0.05) is 37.4 Å². The quantitative estimate of drug-likeness (QED) is 0.586. The van der Waals surface area contributed by atoms with E-state index in [0.717, 1.165) is 38.2 Å². The third-order valence-electron chi connectivity index (χ3n) is 6.31. The highest BCUT2D eigenvalue weighted by Gasteiger charge is 2.46. The summed E-state index contributed by atoms with van der Waals surface area (Å²) >= 11 is 0. The van der Waals surface area contributed by atoms with E-state index in [4.69, 9.17) is 0 Å². The fourth-order valence-corrected chi connectivity index (χ4v) is 5.06. The molecule has 1 saturated carbocycles. The molecular formula is C22H25FN6O. The first kappa shape index (κ1) is 19.0. The van der Waals surface area contributed by atoms with Gasteiger partial charge in [0.05, 0.1) is 6.04 Å². The van der Waals surface area contributed by atoms with Gasteiger partial charge in [-0.05, 0) is 55.1 Å². The average molecular weight is 408 g/mol. The Morgan fingerprint density at radius 1 is 1.23 bits per heavy atom. The fraction of sp³-hybridized carbons (Fsp3) is 0.409. The van der Waals surface area contributed by atoms with Gasteiger partial charge < -0.3 is 15.5 Å². The van der Waals surface area contributed by atoms with Crippen LogP contribution < -0.4 is 10.6 Å². The van der Waals surface area contributed by atoms with Crippen LogP contribution >= 0.6 is 0 Å². The number of benzene rings is 1. The van der Waals surface area contributed by atoms with E-state index in [-0.39, 0.29) is 23.9 Å².